The van der Waals surface area contributed by atoms with Gasteiger partial charge >= 0.3 is 0 Å². The highest BCUT2D eigenvalue weighted by atomic mass is 16.1. The fourth-order valence-corrected chi connectivity index (χ4v) is 4.59. The zero-order valence-electron chi connectivity index (χ0n) is 16.9. The number of rotatable bonds is 3. The van der Waals surface area contributed by atoms with Crippen LogP contribution in [0.1, 0.15) is 23.1 Å². The Hall–Kier alpha value is -2.86. The fourth-order valence-electron chi connectivity index (χ4n) is 4.59. The molecule has 1 saturated heterocycles. The largest absolute Gasteiger partial charge is 0.384 e. The van der Waals surface area contributed by atoms with Crippen LogP contribution in [0.15, 0.2) is 41.3 Å². The van der Waals surface area contributed by atoms with Gasteiger partial charge in [-0.15, -0.1) is 0 Å². The van der Waals surface area contributed by atoms with Crippen molar-refractivity contribution in [2.24, 2.45) is 0 Å². The number of H-pyrrole nitrogens is 1. The molecule has 3 aromatic rings. The van der Waals surface area contributed by atoms with E-state index in [2.05, 4.69) is 56.3 Å². The Labute approximate surface area is 170 Å². The molecule has 2 N–H and O–H groups in total. The van der Waals surface area contributed by atoms with Gasteiger partial charge in [-0.25, -0.2) is 4.98 Å². The summed E-state index contributed by atoms with van der Waals surface area (Å²) in [6.07, 6.45) is 3.75. The molecule has 0 radical (unpaired) electrons. The number of pyridine rings is 2. The lowest BCUT2D eigenvalue weighted by Gasteiger charge is -2.36. The molecule has 150 valence electrons. The lowest BCUT2D eigenvalue weighted by Crippen LogP contribution is -2.46. The zero-order chi connectivity index (χ0) is 19.8. The van der Waals surface area contributed by atoms with Crippen molar-refractivity contribution >= 4 is 22.4 Å². The third-order valence-corrected chi connectivity index (χ3v) is 6.14. The molecule has 0 atom stereocenters. The number of nitrogens with one attached hydrogen (secondary N) is 2. The highest BCUT2D eigenvalue weighted by Gasteiger charge is 2.20. The van der Waals surface area contributed by atoms with E-state index in [1.165, 1.54) is 11.1 Å². The van der Waals surface area contributed by atoms with E-state index in [9.17, 15) is 4.79 Å². The molecular weight excluding hydrogens is 362 g/mol. The standard InChI is InChI=1S/C23H27N5O/c1-16-4-2-9-25-22(16)28-12-10-27(11-13-28)15-17-6-7-18-20(14-17)26-23(29)19-5-3-8-24-21(18)19/h2,4,6-7,9,14,24H,3,5,8,10-13,15H2,1H3,(H,26,29). The predicted molar refractivity (Wildman–Crippen MR) is 118 cm³/mol. The Bertz CT molecular complexity index is 1100. The number of aromatic nitrogens is 2. The average molecular weight is 390 g/mol. The number of hydrogen-bond donors (Lipinski definition) is 2. The Morgan fingerprint density at radius 1 is 1.14 bits per heavy atom. The molecule has 0 aliphatic carbocycles. The smallest absolute Gasteiger partial charge is 0.253 e. The molecule has 6 nitrogen and oxygen atoms in total. The Morgan fingerprint density at radius 2 is 2.00 bits per heavy atom. The molecule has 5 rings (SSSR count). The van der Waals surface area contributed by atoms with Gasteiger partial charge in [0.25, 0.3) is 5.56 Å². The van der Waals surface area contributed by atoms with Crippen molar-refractivity contribution in [3.8, 4) is 0 Å². The molecular formula is C23H27N5O. The van der Waals surface area contributed by atoms with Crippen LogP contribution in [-0.2, 0) is 13.0 Å². The minimum absolute atomic E-state index is 0.0520. The van der Waals surface area contributed by atoms with Crippen LogP contribution in [0.4, 0.5) is 11.5 Å². The first-order valence-corrected chi connectivity index (χ1v) is 10.5. The van der Waals surface area contributed by atoms with Crippen molar-refractivity contribution in [2.45, 2.75) is 26.3 Å². The van der Waals surface area contributed by atoms with Crippen molar-refractivity contribution in [3.05, 3.63) is 63.6 Å². The monoisotopic (exact) mass is 389 g/mol. The molecule has 0 amide bonds. The van der Waals surface area contributed by atoms with Crippen molar-refractivity contribution in [1.29, 1.82) is 0 Å². The summed E-state index contributed by atoms with van der Waals surface area (Å²) < 4.78 is 0. The summed E-state index contributed by atoms with van der Waals surface area (Å²) in [6, 6.07) is 10.6. The minimum atomic E-state index is 0.0520. The summed E-state index contributed by atoms with van der Waals surface area (Å²) in [5.41, 5.74) is 5.39. The number of aryl methyl sites for hydroxylation is 1. The first-order chi connectivity index (χ1) is 14.2. The van der Waals surface area contributed by atoms with Crippen LogP contribution in [0.3, 0.4) is 0 Å². The molecule has 0 saturated carbocycles. The van der Waals surface area contributed by atoms with E-state index in [0.29, 0.717) is 0 Å². The SMILES string of the molecule is Cc1cccnc1N1CCN(Cc2ccc3c4c(c(=O)[nH]c3c2)CCCN4)CC1. The molecule has 6 heteroatoms. The van der Waals surface area contributed by atoms with Gasteiger partial charge in [0, 0.05) is 56.4 Å². The van der Waals surface area contributed by atoms with Crippen molar-refractivity contribution in [1.82, 2.24) is 14.9 Å². The molecule has 1 fully saturated rings. The van der Waals surface area contributed by atoms with E-state index in [4.69, 9.17) is 0 Å². The molecule has 2 aliphatic rings. The van der Waals surface area contributed by atoms with Gasteiger partial charge in [0.2, 0.25) is 0 Å². The minimum Gasteiger partial charge on any atom is -0.384 e. The summed E-state index contributed by atoms with van der Waals surface area (Å²) in [5.74, 6) is 1.10. The zero-order valence-corrected chi connectivity index (χ0v) is 16.9. The van der Waals surface area contributed by atoms with Gasteiger partial charge in [-0.3, -0.25) is 9.69 Å². The van der Waals surface area contributed by atoms with E-state index in [1.807, 2.05) is 12.3 Å². The third-order valence-electron chi connectivity index (χ3n) is 6.14. The number of nitrogens with zero attached hydrogens (tertiary/aromatic N) is 3. The van der Waals surface area contributed by atoms with Gasteiger partial charge < -0.3 is 15.2 Å². The van der Waals surface area contributed by atoms with Crippen LogP contribution in [-0.4, -0.2) is 47.6 Å². The van der Waals surface area contributed by atoms with Gasteiger partial charge in [-0.2, -0.15) is 0 Å². The quantitative estimate of drug-likeness (QED) is 0.721. The van der Waals surface area contributed by atoms with Crippen LogP contribution >= 0.6 is 0 Å². The van der Waals surface area contributed by atoms with Gasteiger partial charge in [-0.05, 0) is 43.0 Å². The second kappa shape index (κ2) is 7.52. The van der Waals surface area contributed by atoms with E-state index in [0.717, 1.165) is 80.1 Å². The molecule has 1 aromatic carbocycles. The normalized spacial score (nSPS) is 17.2. The topological polar surface area (TPSA) is 64.3 Å². The fraction of sp³-hybridized carbons (Fsp3) is 0.391. The number of fused-ring (bicyclic) bond motifs is 3. The lowest BCUT2D eigenvalue weighted by molar-refractivity contribution is 0.249. The van der Waals surface area contributed by atoms with Gasteiger partial charge in [-0.1, -0.05) is 18.2 Å². The Kier molecular flexibility index (Phi) is 4.72. The number of anilines is 2. The van der Waals surface area contributed by atoms with Crippen molar-refractivity contribution in [2.75, 3.05) is 42.9 Å². The van der Waals surface area contributed by atoms with Gasteiger partial charge in [0.15, 0.2) is 0 Å². The summed E-state index contributed by atoms with van der Waals surface area (Å²) in [6.45, 7) is 7.95. The van der Waals surface area contributed by atoms with Gasteiger partial charge in [0.05, 0.1) is 11.2 Å². The highest BCUT2D eigenvalue weighted by Crippen LogP contribution is 2.28. The van der Waals surface area contributed by atoms with Crippen LogP contribution in [0.25, 0.3) is 10.9 Å². The maximum atomic E-state index is 12.5. The Morgan fingerprint density at radius 3 is 2.83 bits per heavy atom. The highest BCUT2D eigenvalue weighted by molar-refractivity contribution is 5.93. The van der Waals surface area contributed by atoms with Crippen LogP contribution < -0.4 is 15.8 Å². The number of piperazine rings is 1. The molecule has 2 aromatic heterocycles. The first kappa shape index (κ1) is 18.2. The number of aromatic amines is 1. The van der Waals surface area contributed by atoms with E-state index in [-0.39, 0.29) is 5.56 Å². The molecule has 0 unspecified atom stereocenters. The van der Waals surface area contributed by atoms with Crippen LogP contribution in [0, 0.1) is 6.92 Å². The summed E-state index contributed by atoms with van der Waals surface area (Å²) >= 11 is 0. The third kappa shape index (κ3) is 3.49. The maximum Gasteiger partial charge on any atom is 0.253 e. The average Bonchev–Trinajstić information content (AvgIpc) is 2.75. The number of benzene rings is 1. The molecule has 4 heterocycles. The van der Waals surface area contributed by atoms with Crippen LogP contribution in [0.2, 0.25) is 0 Å². The lowest BCUT2D eigenvalue weighted by atomic mass is 10.0. The molecule has 2 aliphatic heterocycles. The second-order valence-corrected chi connectivity index (χ2v) is 8.13. The summed E-state index contributed by atoms with van der Waals surface area (Å²) in [5, 5.41) is 4.55. The Balaban J connectivity index is 1.31. The second-order valence-electron chi connectivity index (χ2n) is 8.13. The first-order valence-electron chi connectivity index (χ1n) is 10.5. The summed E-state index contributed by atoms with van der Waals surface area (Å²) in [7, 11) is 0. The van der Waals surface area contributed by atoms with E-state index in [1.54, 1.807) is 0 Å². The summed E-state index contributed by atoms with van der Waals surface area (Å²) in [4.78, 5) is 25.0. The molecule has 0 bridgehead atoms. The van der Waals surface area contributed by atoms with Crippen molar-refractivity contribution < 1.29 is 0 Å². The van der Waals surface area contributed by atoms with E-state index < -0.39 is 0 Å². The van der Waals surface area contributed by atoms with E-state index >= 15 is 0 Å². The van der Waals surface area contributed by atoms with Crippen molar-refractivity contribution in [3.63, 3.8) is 0 Å². The maximum absolute atomic E-state index is 12.5. The van der Waals surface area contributed by atoms with Crippen LogP contribution in [0.5, 0.6) is 0 Å². The molecule has 0 spiro atoms. The number of hydrogen-bond acceptors (Lipinski definition) is 5. The van der Waals surface area contributed by atoms with Gasteiger partial charge in [0.1, 0.15) is 5.82 Å². The molecule has 29 heavy (non-hydrogen) atoms. The predicted octanol–water partition coefficient (Wildman–Crippen LogP) is 2.91.